The third kappa shape index (κ3) is 6.04. The van der Waals surface area contributed by atoms with Gasteiger partial charge in [-0.1, -0.05) is 38.5 Å². The van der Waals surface area contributed by atoms with Crippen LogP contribution in [0.15, 0.2) is 9.98 Å². The summed E-state index contributed by atoms with van der Waals surface area (Å²) in [6.45, 7) is 11.8. The predicted molar refractivity (Wildman–Crippen MR) is 126 cm³/mol. The first-order valence-corrected chi connectivity index (χ1v) is 13.0. The van der Waals surface area contributed by atoms with Gasteiger partial charge >= 0.3 is 0 Å². The molecule has 6 nitrogen and oxygen atoms in total. The zero-order valence-corrected chi connectivity index (χ0v) is 19.2. The van der Waals surface area contributed by atoms with Gasteiger partial charge in [-0.05, 0) is 38.5 Å². The molecule has 170 valence electrons. The van der Waals surface area contributed by atoms with Gasteiger partial charge in [0.05, 0.1) is 0 Å². The smallest absolute Gasteiger partial charge is 0.196 e. The summed E-state index contributed by atoms with van der Waals surface area (Å²) in [5, 5.41) is 0. The monoisotopic (exact) mass is 416 g/mol. The van der Waals surface area contributed by atoms with Gasteiger partial charge < -0.3 is 19.6 Å². The van der Waals surface area contributed by atoms with Crippen molar-refractivity contribution in [2.45, 2.75) is 77.0 Å². The molecular weight excluding hydrogens is 372 g/mol. The molecule has 4 aliphatic rings. The lowest BCUT2D eigenvalue weighted by Gasteiger charge is -2.41. The number of guanidine groups is 2. The Morgan fingerprint density at radius 1 is 0.467 bits per heavy atom. The van der Waals surface area contributed by atoms with E-state index in [-0.39, 0.29) is 0 Å². The highest BCUT2D eigenvalue weighted by atomic mass is 15.4. The van der Waals surface area contributed by atoms with Gasteiger partial charge in [0.2, 0.25) is 0 Å². The zero-order chi connectivity index (χ0) is 20.4. The number of aliphatic imine (C=N–C) groups is 2. The Morgan fingerprint density at radius 2 is 0.867 bits per heavy atom. The molecule has 0 unspecified atom stereocenters. The molecular formula is C24H44N6. The molecule has 0 N–H and O–H groups in total. The summed E-state index contributed by atoms with van der Waals surface area (Å²) in [7, 11) is 0. The maximum Gasteiger partial charge on any atom is 0.196 e. The van der Waals surface area contributed by atoms with Crippen LogP contribution in [0.25, 0.3) is 0 Å². The van der Waals surface area contributed by atoms with E-state index < -0.39 is 0 Å². The Balaban J connectivity index is 0.999. The number of unbranched alkanes of at least 4 members (excludes halogenated alkanes) is 7. The molecule has 0 spiro atoms. The Labute approximate surface area is 184 Å². The van der Waals surface area contributed by atoms with Gasteiger partial charge in [0, 0.05) is 65.4 Å². The molecule has 4 rings (SSSR count). The van der Waals surface area contributed by atoms with E-state index in [1.165, 1.54) is 141 Å². The number of nitrogens with zero attached hydrogens (tertiary/aromatic N) is 6. The molecule has 0 aromatic heterocycles. The average Bonchev–Trinajstić information content (AvgIpc) is 2.80. The van der Waals surface area contributed by atoms with Crippen LogP contribution in [-0.4, -0.2) is 97.0 Å². The van der Waals surface area contributed by atoms with E-state index in [0.717, 1.165) is 13.1 Å². The predicted octanol–water partition coefficient (Wildman–Crippen LogP) is 3.64. The van der Waals surface area contributed by atoms with Crippen LogP contribution in [-0.2, 0) is 0 Å². The van der Waals surface area contributed by atoms with Crippen molar-refractivity contribution >= 4 is 11.9 Å². The van der Waals surface area contributed by atoms with E-state index in [1.807, 2.05) is 0 Å². The largest absolute Gasteiger partial charge is 0.343 e. The minimum absolute atomic E-state index is 1.03. The highest BCUT2D eigenvalue weighted by Crippen LogP contribution is 2.17. The van der Waals surface area contributed by atoms with Gasteiger partial charge in [0.25, 0.3) is 0 Å². The van der Waals surface area contributed by atoms with Crippen molar-refractivity contribution in [2.24, 2.45) is 9.98 Å². The SMILES string of the molecule is C(CCCCCN1CCCN2CCCN=C12)CCCCN1CCCN2CCCN=C12. The fraction of sp³-hybridized carbons (Fsp3) is 0.917. The number of hydrogen-bond donors (Lipinski definition) is 0. The quantitative estimate of drug-likeness (QED) is 0.482. The first-order valence-electron chi connectivity index (χ1n) is 13.0. The second-order valence-corrected chi connectivity index (χ2v) is 9.55. The van der Waals surface area contributed by atoms with Gasteiger partial charge in [-0.25, -0.2) is 0 Å². The minimum Gasteiger partial charge on any atom is -0.343 e. The lowest BCUT2D eigenvalue weighted by Crippen LogP contribution is -2.52. The van der Waals surface area contributed by atoms with Crippen LogP contribution in [0.1, 0.15) is 77.0 Å². The van der Waals surface area contributed by atoms with Crippen molar-refractivity contribution in [2.75, 3.05) is 65.4 Å². The van der Waals surface area contributed by atoms with Crippen molar-refractivity contribution in [3.8, 4) is 0 Å². The van der Waals surface area contributed by atoms with E-state index in [1.54, 1.807) is 0 Å². The summed E-state index contributed by atoms with van der Waals surface area (Å²) in [4.78, 5) is 19.7. The van der Waals surface area contributed by atoms with Gasteiger partial charge in [0.15, 0.2) is 11.9 Å². The number of rotatable bonds is 11. The highest BCUT2D eigenvalue weighted by Gasteiger charge is 2.25. The van der Waals surface area contributed by atoms with Crippen molar-refractivity contribution in [1.29, 1.82) is 0 Å². The maximum atomic E-state index is 4.80. The Bertz CT molecular complexity index is 524. The fourth-order valence-electron chi connectivity index (χ4n) is 5.50. The summed E-state index contributed by atoms with van der Waals surface area (Å²) in [5.74, 6) is 2.62. The van der Waals surface area contributed by atoms with Crippen molar-refractivity contribution in [3.63, 3.8) is 0 Å². The minimum atomic E-state index is 1.03. The van der Waals surface area contributed by atoms with E-state index in [0.29, 0.717) is 0 Å². The first kappa shape index (κ1) is 21.8. The lowest BCUT2D eigenvalue weighted by molar-refractivity contribution is 0.240. The summed E-state index contributed by atoms with van der Waals surface area (Å²) >= 11 is 0. The van der Waals surface area contributed by atoms with Gasteiger partial charge in [-0.2, -0.15) is 0 Å². The Hall–Kier alpha value is -1.46. The van der Waals surface area contributed by atoms with Crippen LogP contribution in [0.3, 0.4) is 0 Å². The first-order chi connectivity index (χ1) is 14.9. The molecule has 0 amide bonds. The molecule has 0 bridgehead atoms. The molecule has 4 heterocycles. The van der Waals surface area contributed by atoms with Gasteiger partial charge in [-0.15, -0.1) is 0 Å². The maximum absolute atomic E-state index is 4.80. The zero-order valence-electron chi connectivity index (χ0n) is 19.2. The second kappa shape index (κ2) is 11.8. The van der Waals surface area contributed by atoms with Crippen molar-refractivity contribution < 1.29 is 0 Å². The van der Waals surface area contributed by atoms with Crippen molar-refractivity contribution in [1.82, 2.24) is 19.6 Å². The van der Waals surface area contributed by atoms with Crippen LogP contribution in [0.2, 0.25) is 0 Å². The Morgan fingerprint density at radius 3 is 1.33 bits per heavy atom. The van der Waals surface area contributed by atoms with Gasteiger partial charge in [0.1, 0.15) is 0 Å². The second-order valence-electron chi connectivity index (χ2n) is 9.55. The van der Waals surface area contributed by atoms with Crippen LogP contribution in [0, 0.1) is 0 Å². The fourth-order valence-corrected chi connectivity index (χ4v) is 5.50. The standard InChI is InChI=1S/C24H44N6/c1(3-5-7-15-27-19-11-21-29-17-9-13-25-23(27)29)2-4-6-8-16-28-20-12-22-30-18-10-14-26-24(28)30/h1-22H2. The molecule has 2 saturated heterocycles. The third-order valence-electron chi connectivity index (χ3n) is 7.13. The van der Waals surface area contributed by atoms with Crippen LogP contribution in [0.5, 0.6) is 0 Å². The van der Waals surface area contributed by atoms with Crippen molar-refractivity contribution in [3.05, 3.63) is 0 Å². The molecule has 0 atom stereocenters. The molecule has 6 heteroatoms. The van der Waals surface area contributed by atoms with E-state index in [2.05, 4.69) is 19.6 Å². The van der Waals surface area contributed by atoms with E-state index >= 15 is 0 Å². The topological polar surface area (TPSA) is 37.7 Å². The molecule has 30 heavy (non-hydrogen) atoms. The lowest BCUT2D eigenvalue weighted by atomic mass is 10.1. The molecule has 2 fully saturated rings. The molecule has 0 saturated carbocycles. The third-order valence-corrected chi connectivity index (χ3v) is 7.13. The molecule has 0 aromatic rings. The molecule has 4 aliphatic heterocycles. The summed E-state index contributed by atoms with van der Waals surface area (Å²) < 4.78 is 0. The Kier molecular flexibility index (Phi) is 8.56. The van der Waals surface area contributed by atoms with E-state index in [4.69, 9.17) is 9.98 Å². The summed E-state index contributed by atoms with van der Waals surface area (Å²) in [6.07, 6.45) is 16.2. The summed E-state index contributed by atoms with van der Waals surface area (Å²) in [6, 6.07) is 0. The van der Waals surface area contributed by atoms with E-state index in [9.17, 15) is 0 Å². The van der Waals surface area contributed by atoms with Crippen LogP contribution < -0.4 is 0 Å². The van der Waals surface area contributed by atoms with Crippen LogP contribution >= 0.6 is 0 Å². The molecule has 0 aromatic carbocycles. The highest BCUT2D eigenvalue weighted by molar-refractivity contribution is 5.81. The summed E-state index contributed by atoms with van der Waals surface area (Å²) in [5.41, 5.74) is 0. The number of hydrogen-bond acceptors (Lipinski definition) is 6. The normalized spacial score (nSPS) is 21.9. The number of fused-ring (bicyclic) bond motifs is 2. The average molecular weight is 417 g/mol. The van der Waals surface area contributed by atoms with Gasteiger partial charge in [-0.3, -0.25) is 9.98 Å². The molecule has 0 radical (unpaired) electrons. The van der Waals surface area contributed by atoms with Crippen LogP contribution in [0.4, 0.5) is 0 Å². The molecule has 0 aliphatic carbocycles.